The molecule has 10 heteroatoms. The first kappa shape index (κ1) is 18.5. The van der Waals surface area contributed by atoms with E-state index in [9.17, 15) is 31.1 Å². The molecule has 0 amide bonds. The minimum absolute atomic E-state index is 0.0161. The number of carbonyl (C=O) groups excluding carboxylic acids is 1. The van der Waals surface area contributed by atoms with Crippen LogP contribution < -0.4 is 0 Å². The summed E-state index contributed by atoms with van der Waals surface area (Å²) in [5, 5.41) is -1.21. The molecule has 1 rings (SSSR count). The minimum Gasteiger partial charge on any atom is -0.298 e. The molecule has 0 bridgehead atoms. The summed E-state index contributed by atoms with van der Waals surface area (Å²) in [7, 11) is 0. The van der Waals surface area contributed by atoms with Crippen molar-refractivity contribution in [3.8, 4) is 0 Å². The Kier molecular flexibility index (Phi) is 5.91. The quantitative estimate of drug-likeness (QED) is 0.381. The molecule has 1 nitrogen and oxygen atoms in total. The number of hydrogen-bond donors (Lipinski definition) is 0. The molecule has 0 aliphatic heterocycles. The molecule has 0 aliphatic carbocycles. The number of rotatable bonds is 4. The Morgan fingerprint density at radius 3 is 1.95 bits per heavy atom. The van der Waals surface area contributed by atoms with Gasteiger partial charge in [-0.25, -0.2) is 0 Å². The molecule has 21 heavy (non-hydrogen) atoms. The lowest BCUT2D eigenvalue weighted by Crippen LogP contribution is -2.06. The lowest BCUT2D eigenvalue weighted by Gasteiger charge is -2.15. The van der Waals surface area contributed by atoms with Gasteiger partial charge >= 0.3 is 11.0 Å². The van der Waals surface area contributed by atoms with Crippen LogP contribution in [0, 0.1) is 0 Å². The van der Waals surface area contributed by atoms with Crippen molar-refractivity contribution in [2.24, 2.45) is 0 Å². The molecule has 0 aliphatic rings. The van der Waals surface area contributed by atoms with Gasteiger partial charge in [-0.05, 0) is 48.1 Å². The van der Waals surface area contributed by atoms with E-state index >= 15 is 0 Å². The number of carbonyl (C=O) groups is 1. The molecule has 0 fully saturated rings. The highest BCUT2D eigenvalue weighted by Crippen LogP contribution is 2.46. The van der Waals surface area contributed by atoms with Crippen molar-refractivity contribution in [3.63, 3.8) is 0 Å². The van der Waals surface area contributed by atoms with E-state index in [-0.39, 0.29) is 5.56 Å². The minimum atomic E-state index is -4.75. The molecule has 1 atom stereocenters. The Balaban J connectivity index is 3.23. The third kappa shape index (κ3) is 6.39. The number of halogens is 7. The summed E-state index contributed by atoms with van der Waals surface area (Å²) in [5.41, 5.74) is -9.46. The van der Waals surface area contributed by atoms with Crippen molar-refractivity contribution in [2.45, 2.75) is 33.1 Å². The smallest absolute Gasteiger partial charge is 0.298 e. The number of thioether (sulfide) groups is 2. The van der Waals surface area contributed by atoms with Crippen molar-refractivity contribution in [3.05, 3.63) is 23.8 Å². The Labute approximate surface area is 129 Å². The van der Waals surface area contributed by atoms with Gasteiger partial charge in [-0.2, -0.15) is 26.3 Å². The van der Waals surface area contributed by atoms with Crippen molar-refractivity contribution in [2.75, 3.05) is 0 Å². The zero-order valence-electron chi connectivity index (χ0n) is 10.2. The van der Waals surface area contributed by atoms with Gasteiger partial charge in [0.2, 0.25) is 0 Å². The van der Waals surface area contributed by atoms with Gasteiger partial charge in [0, 0.05) is 9.79 Å². The van der Waals surface area contributed by atoms with Gasteiger partial charge in [-0.15, -0.1) is 11.6 Å². The normalized spacial score (nSPS) is 14.1. The van der Waals surface area contributed by atoms with E-state index in [1.807, 2.05) is 0 Å². The first-order valence-corrected chi connectivity index (χ1v) is 7.26. The van der Waals surface area contributed by atoms with Gasteiger partial charge in [0.05, 0.1) is 0 Å². The summed E-state index contributed by atoms with van der Waals surface area (Å²) in [4.78, 5) is 9.87. The molecule has 0 heterocycles. The second-order valence-corrected chi connectivity index (χ2v) is 6.43. The first-order valence-electron chi connectivity index (χ1n) is 5.19. The maximum absolute atomic E-state index is 12.4. The van der Waals surface area contributed by atoms with E-state index in [4.69, 9.17) is 11.6 Å². The van der Waals surface area contributed by atoms with E-state index in [1.54, 1.807) is 0 Å². The standard InChI is InChI=1S/C11H7ClF6OS2/c1-5(19)9(12)6-2-3-7(20-10(13,14)15)8(4-6)21-11(16,17)18/h2-4,9H,1H3. The van der Waals surface area contributed by atoms with E-state index in [1.165, 1.54) is 0 Å². The molecular weight excluding hydrogens is 362 g/mol. The number of alkyl halides is 7. The first-order chi connectivity index (χ1) is 9.39. The third-order valence-electron chi connectivity index (χ3n) is 2.07. The number of Topliss-reactive ketones (excluding diaryl/α,β-unsaturated/α-hetero) is 1. The van der Waals surface area contributed by atoms with E-state index in [2.05, 4.69) is 0 Å². The fourth-order valence-corrected chi connectivity index (χ4v) is 2.87. The summed E-state index contributed by atoms with van der Waals surface area (Å²) in [6.45, 7) is 1.13. The van der Waals surface area contributed by atoms with Crippen LogP contribution in [0.25, 0.3) is 0 Å². The topological polar surface area (TPSA) is 17.1 Å². The summed E-state index contributed by atoms with van der Waals surface area (Å²) >= 11 is 4.37. The van der Waals surface area contributed by atoms with Crippen molar-refractivity contribution >= 4 is 40.9 Å². The summed E-state index contributed by atoms with van der Waals surface area (Å²) in [5.74, 6) is -0.518. The van der Waals surface area contributed by atoms with Crippen LogP contribution in [0.3, 0.4) is 0 Å². The van der Waals surface area contributed by atoms with E-state index < -0.39 is 55.5 Å². The molecule has 0 saturated heterocycles. The molecule has 1 unspecified atom stereocenters. The van der Waals surface area contributed by atoms with Crippen LogP contribution in [-0.4, -0.2) is 16.8 Å². The summed E-state index contributed by atoms with van der Waals surface area (Å²) in [6.07, 6.45) is 0. The molecule has 118 valence electrons. The van der Waals surface area contributed by atoms with Gasteiger partial charge in [-0.3, -0.25) is 4.79 Å². The van der Waals surface area contributed by atoms with E-state index in [0.717, 1.165) is 25.1 Å². The van der Waals surface area contributed by atoms with Crippen LogP contribution in [0.1, 0.15) is 17.9 Å². The molecule has 1 aromatic carbocycles. The number of hydrogen-bond acceptors (Lipinski definition) is 3. The zero-order valence-corrected chi connectivity index (χ0v) is 12.6. The summed E-state index contributed by atoms with van der Waals surface area (Å²) in [6, 6.07) is 2.83. The second-order valence-electron chi connectivity index (χ2n) is 3.77. The average molecular weight is 369 g/mol. The van der Waals surface area contributed by atoms with Crippen LogP contribution in [0.15, 0.2) is 28.0 Å². The Bertz CT molecular complexity index is 528. The van der Waals surface area contributed by atoms with E-state index in [0.29, 0.717) is 0 Å². The van der Waals surface area contributed by atoms with Gasteiger partial charge in [-0.1, -0.05) is 6.07 Å². The fraction of sp³-hybridized carbons (Fsp3) is 0.364. The number of ketones is 1. The third-order valence-corrected chi connectivity index (χ3v) is 4.35. The van der Waals surface area contributed by atoms with Crippen LogP contribution in [0.4, 0.5) is 26.3 Å². The fourth-order valence-electron chi connectivity index (χ4n) is 1.33. The Morgan fingerprint density at radius 2 is 1.52 bits per heavy atom. The highest BCUT2D eigenvalue weighted by atomic mass is 35.5. The maximum Gasteiger partial charge on any atom is 0.446 e. The van der Waals surface area contributed by atoms with Crippen LogP contribution in [0.2, 0.25) is 0 Å². The number of benzene rings is 1. The average Bonchev–Trinajstić information content (AvgIpc) is 2.26. The molecule has 1 aromatic rings. The van der Waals surface area contributed by atoms with Crippen LogP contribution in [0.5, 0.6) is 0 Å². The van der Waals surface area contributed by atoms with Crippen molar-refractivity contribution in [1.29, 1.82) is 0 Å². The van der Waals surface area contributed by atoms with Gasteiger partial charge < -0.3 is 0 Å². The molecule has 0 N–H and O–H groups in total. The lowest BCUT2D eigenvalue weighted by molar-refractivity contribution is -0.116. The highest BCUT2D eigenvalue weighted by molar-refractivity contribution is 8.03. The molecule has 0 spiro atoms. The Morgan fingerprint density at radius 1 is 1.05 bits per heavy atom. The van der Waals surface area contributed by atoms with Crippen LogP contribution >= 0.6 is 35.1 Å². The second kappa shape index (κ2) is 6.70. The lowest BCUT2D eigenvalue weighted by atomic mass is 10.1. The molecule has 0 aromatic heterocycles. The van der Waals surface area contributed by atoms with Gasteiger partial charge in [0.15, 0.2) is 5.78 Å². The highest BCUT2D eigenvalue weighted by Gasteiger charge is 2.35. The SMILES string of the molecule is CC(=O)C(Cl)c1ccc(SC(F)(F)F)c(SC(F)(F)F)c1. The predicted molar refractivity (Wildman–Crippen MR) is 69.5 cm³/mol. The zero-order chi connectivity index (χ0) is 16.4. The van der Waals surface area contributed by atoms with Gasteiger partial charge in [0.1, 0.15) is 5.38 Å². The van der Waals surface area contributed by atoms with Crippen molar-refractivity contribution in [1.82, 2.24) is 0 Å². The predicted octanol–water partition coefficient (Wildman–Crippen LogP) is 5.78. The molecule has 0 radical (unpaired) electrons. The maximum atomic E-state index is 12.4. The molecular formula is C11H7ClF6OS2. The van der Waals surface area contributed by atoms with Crippen molar-refractivity contribution < 1.29 is 31.1 Å². The largest absolute Gasteiger partial charge is 0.446 e. The van der Waals surface area contributed by atoms with Crippen LogP contribution in [-0.2, 0) is 4.79 Å². The van der Waals surface area contributed by atoms with Gasteiger partial charge in [0.25, 0.3) is 0 Å². The summed E-state index contributed by atoms with van der Waals surface area (Å²) < 4.78 is 74.3. The Hall–Kier alpha value is -0.540. The monoisotopic (exact) mass is 368 g/mol. The molecule has 0 saturated carbocycles.